The summed E-state index contributed by atoms with van der Waals surface area (Å²) in [7, 11) is 1.70. The molecule has 0 spiro atoms. The third-order valence-electron chi connectivity index (χ3n) is 3.76. The molecule has 7 nitrogen and oxygen atoms in total. The lowest BCUT2D eigenvalue weighted by Crippen LogP contribution is -2.34. The van der Waals surface area contributed by atoms with E-state index in [4.69, 9.17) is 25.5 Å². The van der Waals surface area contributed by atoms with Gasteiger partial charge in [0.2, 0.25) is 12.3 Å². The van der Waals surface area contributed by atoms with E-state index in [-0.39, 0.29) is 12.5 Å². The lowest BCUT2D eigenvalue weighted by Gasteiger charge is -2.18. The molecule has 0 atom stereocenters. The van der Waals surface area contributed by atoms with Gasteiger partial charge in [0, 0.05) is 17.6 Å². The topological polar surface area (TPSA) is 77.7 Å². The van der Waals surface area contributed by atoms with Crippen molar-refractivity contribution < 1.29 is 18.7 Å². The van der Waals surface area contributed by atoms with Crippen LogP contribution in [0.4, 0.5) is 0 Å². The summed E-state index contributed by atoms with van der Waals surface area (Å²) in [6.45, 7) is 0.765. The Morgan fingerprint density at radius 1 is 1.07 bits per heavy atom. The first kappa shape index (κ1) is 18.7. The molecule has 2 aromatic carbocycles. The molecule has 0 unspecified atom stereocenters. The first-order valence-corrected chi connectivity index (χ1v) is 8.61. The van der Waals surface area contributed by atoms with Crippen molar-refractivity contribution in [2.24, 2.45) is 0 Å². The highest BCUT2D eigenvalue weighted by Gasteiger charge is 2.10. The van der Waals surface area contributed by atoms with Gasteiger partial charge < -0.3 is 18.8 Å². The third-order valence-corrected chi connectivity index (χ3v) is 4.01. The Hall–Kier alpha value is -3.06. The van der Waals surface area contributed by atoms with Crippen LogP contribution in [0, 0.1) is 0 Å². The molecule has 1 aromatic heterocycles. The number of likely N-dealkylation sites (N-methyl/N-ethyl adjacent to an activating group) is 1. The number of aromatic nitrogens is 2. The molecule has 0 aliphatic heterocycles. The van der Waals surface area contributed by atoms with Crippen LogP contribution < -0.4 is 9.47 Å². The number of hydrogen-bond acceptors (Lipinski definition) is 6. The third kappa shape index (κ3) is 5.46. The molecule has 1 amide bonds. The minimum absolute atomic E-state index is 0.0582. The molecular formula is C19H18ClN3O4. The van der Waals surface area contributed by atoms with E-state index in [1.165, 1.54) is 6.39 Å². The van der Waals surface area contributed by atoms with Crippen LogP contribution in [0.15, 0.2) is 59.3 Å². The summed E-state index contributed by atoms with van der Waals surface area (Å²) in [5.41, 5.74) is 0.780. The van der Waals surface area contributed by atoms with Crippen molar-refractivity contribution in [1.82, 2.24) is 15.1 Å². The second-order valence-electron chi connectivity index (χ2n) is 5.67. The van der Waals surface area contributed by atoms with Crippen LogP contribution in [0.3, 0.4) is 0 Å². The largest absolute Gasteiger partial charge is 0.492 e. The minimum Gasteiger partial charge on any atom is -0.492 e. The number of carbonyl (C=O) groups is 1. The zero-order chi connectivity index (χ0) is 19.1. The van der Waals surface area contributed by atoms with Crippen LogP contribution in [-0.4, -0.2) is 47.8 Å². The SMILES string of the molecule is CN(CCOc1ccc(Cl)cc1)C(=O)COc1ccc(-c2nnco2)cc1. The van der Waals surface area contributed by atoms with Gasteiger partial charge in [-0.15, -0.1) is 10.2 Å². The fourth-order valence-electron chi connectivity index (χ4n) is 2.20. The second-order valence-corrected chi connectivity index (χ2v) is 6.11. The summed E-state index contributed by atoms with van der Waals surface area (Å²) < 4.78 is 16.2. The smallest absolute Gasteiger partial charge is 0.260 e. The van der Waals surface area contributed by atoms with Gasteiger partial charge in [-0.3, -0.25) is 4.79 Å². The monoisotopic (exact) mass is 387 g/mol. The quantitative estimate of drug-likeness (QED) is 0.590. The van der Waals surface area contributed by atoms with Gasteiger partial charge >= 0.3 is 0 Å². The highest BCUT2D eigenvalue weighted by molar-refractivity contribution is 6.30. The molecule has 27 heavy (non-hydrogen) atoms. The van der Waals surface area contributed by atoms with Crippen molar-refractivity contribution in [3.63, 3.8) is 0 Å². The van der Waals surface area contributed by atoms with Crippen LogP contribution in [-0.2, 0) is 4.79 Å². The molecule has 0 bridgehead atoms. The molecule has 0 aliphatic rings. The summed E-state index contributed by atoms with van der Waals surface area (Å²) >= 11 is 5.82. The second kappa shape index (κ2) is 9.05. The highest BCUT2D eigenvalue weighted by atomic mass is 35.5. The van der Waals surface area contributed by atoms with Gasteiger partial charge in [0.25, 0.3) is 5.91 Å². The van der Waals surface area contributed by atoms with Crippen molar-refractivity contribution in [1.29, 1.82) is 0 Å². The molecule has 3 aromatic rings. The molecule has 8 heteroatoms. The van der Waals surface area contributed by atoms with Gasteiger partial charge in [-0.2, -0.15) is 0 Å². The standard InChI is InChI=1S/C19H18ClN3O4/c1-23(10-11-25-16-8-4-15(20)5-9-16)18(24)12-26-17-6-2-14(3-7-17)19-22-21-13-27-19/h2-9,13H,10-12H2,1H3. The average molecular weight is 388 g/mol. The molecule has 0 fully saturated rings. The van der Waals surface area contributed by atoms with E-state index in [0.717, 1.165) is 5.56 Å². The van der Waals surface area contributed by atoms with Crippen LogP contribution in [0.1, 0.15) is 0 Å². The molecule has 3 rings (SSSR count). The molecule has 0 radical (unpaired) electrons. The van der Waals surface area contributed by atoms with E-state index in [1.54, 1.807) is 60.5 Å². The van der Waals surface area contributed by atoms with E-state index >= 15 is 0 Å². The van der Waals surface area contributed by atoms with Gasteiger partial charge in [-0.1, -0.05) is 11.6 Å². The maximum absolute atomic E-state index is 12.2. The van der Waals surface area contributed by atoms with Crippen LogP contribution in [0.5, 0.6) is 11.5 Å². The van der Waals surface area contributed by atoms with Gasteiger partial charge in [-0.25, -0.2) is 0 Å². The Morgan fingerprint density at radius 3 is 2.41 bits per heavy atom. The lowest BCUT2D eigenvalue weighted by molar-refractivity contribution is -0.132. The molecule has 1 heterocycles. The Morgan fingerprint density at radius 2 is 1.74 bits per heavy atom. The number of ether oxygens (including phenoxy) is 2. The number of benzene rings is 2. The maximum Gasteiger partial charge on any atom is 0.260 e. The Labute approximate surface area is 161 Å². The zero-order valence-corrected chi connectivity index (χ0v) is 15.4. The fraction of sp³-hybridized carbons (Fsp3) is 0.211. The number of amides is 1. The van der Waals surface area contributed by atoms with Crippen molar-refractivity contribution in [3.8, 4) is 23.0 Å². The van der Waals surface area contributed by atoms with E-state index in [2.05, 4.69) is 10.2 Å². The first-order valence-electron chi connectivity index (χ1n) is 8.23. The Bertz CT molecular complexity index is 852. The predicted octanol–water partition coefficient (Wildman–Crippen LogP) is 3.31. The molecule has 0 saturated carbocycles. The minimum atomic E-state index is -0.143. The molecule has 140 valence electrons. The number of nitrogens with zero attached hydrogens (tertiary/aromatic N) is 3. The van der Waals surface area contributed by atoms with Crippen molar-refractivity contribution in [2.45, 2.75) is 0 Å². The van der Waals surface area contributed by atoms with Gasteiger partial charge in [-0.05, 0) is 48.5 Å². The fourth-order valence-corrected chi connectivity index (χ4v) is 2.33. The predicted molar refractivity (Wildman–Crippen MR) is 99.8 cm³/mol. The summed E-state index contributed by atoms with van der Waals surface area (Å²) in [6.07, 6.45) is 1.27. The van der Waals surface area contributed by atoms with E-state index in [1.807, 2.05) is 0 Å². The molecular weight excluding hydrogens is 370 g/mol. The number of halogens is 1. The van der Waals surface area contributed by atoms with E-state index in [9.17, 15) is 4.79 Å². The van der Waals surface area contributed by atoms with Crippen LogP contribution >= 0.6 is 11.6 Å². The van der Waals surface area contributed by atoms with E-state index < -0.39 is 0 Å². The van der Waals surface area contributed by atoms with Gasteiger partial charge in [0.1, 0.15) is 18.1 Å². The van der Waals surface area contributed by atoms with Crippen LogP contribution in [0.25, 0.3) is 11.5 Å². The number of rotatable bonds is 8. The zero-order valence-electron chi connectivity index (χ0n) is 14.7. The Balaban J connectivity index is 1.41. The summed E-state index contributed by atoms with van der Waals surface area (Å²) in [6, 6.07) is 14.1. The normalized spacial score (nSPS) is 10.4. The maximum atomic E-state index is 12.2. The number of carbonyl (C=O) groups excluding carboxylic acids is 1. The molecule has 0 N–H and O–H groups in total. The van der Waals surface area contributed by atoms with E-state index in [0.29, 0.717) is 35.6 Å². The summed E-state index contributed by atoms with van der Waals surface area (Å²) in [5, 5.41) is 8.11. The summed E-state index contributed by atoms with van der Waals surface area (Å²) in [5.74, 6) is 1.57. The van der Waals surface area contributed by atoms with Crippen molar-refractivity contribution in [2.75, 3.05) is 26.8 Å². The number of hydrogen-bond donors (Lipinski definition) is 0. The average Bonchev–Trinajstić information content (AvgIpc) is 3.23. The molecule has 0 aliphatic carbocycles. The highest BCUT2D eigenvalue weighted by Crippen LogP contribution is 2.20. The van der Waals surface area contributed by atoms with Crippen molar-refractivity contribution in [3.05, 3.63) is 59.9 Å². The van der Waals surface area contributed by atoms with Gasteiger partial charge in [0.15, 0.2) is 6.61 Å². The van der Waals surface area contributed by atoms with Crippen LogP contribution in [0.2, 0.25) is 5.02 Å². The van der Waals surface area contributed by atoms with Crippen molar-refractivity contribution >= 4 is 17.5 Å². The summed E-state index contributed by atoms with van der Waals surface area (Å²) in [4.78, 5) is 13.7. The molecule has 0 saturated heterocycles. The Kier molecular flexibility index (Phi) is 6.27. The first-order chi connectivity index (χ1) is 13.1. The lowest BCUT2D eigenvalue weighted by atomic mass is 10.2. The van der Waals surface area contributed by atoms with Gasteiger partial charge in [0.05, 0.1) is 6.54 Å².